The molecule has 8 atom stereocenters. The second kappa shape index (κ2) is 9.56. The van der Waals surface area contributed by atoms with Gasteiger partial charge in [0, 0.05) is 11.3 Å². The van der Waals surface area contributed by atoms with E-state index >= 15 is 0 Å². The van der Waals surface area contributed by atoms with E-state index in [4.69, 9.17) is 5.10 Å². The third kappa shape index (κ3) is 3.98. The van der Waals surface area contributed by atoms with Crippen LogP contribution in [0.1, 0.15) is 116 Å². The molecule has 2 heteroatoms. The molecular weight excluding hydrogens is 448 g/mol. The molecule has 0 radical (unpaired) electrons. The van der Waals surface area contributed by atoms with Gasteiger partial charge in [-0.25, -0.2) is 4.68 Å². The van der Waals surface area contributed by atoms with Crippen LogP contribution in [0.4, 0.5) is 0 Å². The Morgan fingerprint density at radius 1 is 0.973 bits per heavy atom. The van der Waals surface area contributed by atoms with Crippen LogP contribution in [0.15, 0.2) is 30.3 Å². The smallest absolute Gasteiger partial charge is 0.0672 e. The van der Waals surface area contributed by atoms with Crippen molar-refractivity contribution in [2.75, 3.05) is 0 Å². The topological polar surface area (TPSA) is 17.8 Å². The van der Waals surface area contributed by atoms with E-state index in [0.29, 0.717) is 10.8 Å². The summed E-state index contributed by atoms with van der Waals surface area (Å²) >= 11 is 0. The summed E-state index contributed by atoms with van der Waals surface area (Å²) in [7, 11) is 0. The van der Waals surface area contributed by atoms with E-state index in [0.717, 1.165) is 41.4 Å². The van der Waals surface area contributed by atoms with Gasteiger partial charge >= 0.3 is 0 Å². The molecule has 202 valence electrons. The van der Waals surface area contributed by atoms with Gasteiger partial charge in [0.1, 0.15) is 0 Å². The molecule has 0 N–H and O–H groups in total. The van der Waals surface area contributed by atoms with E-state index < -0.39 is 0 Å². The van der Waals surface area contributed by atoms with E-state index in [1.807, 2.05) is 0 Å². The lowest BCUT2D eigenvalue weighted by molar-refractivity contribution is -0.0389. The maximum atomic E-state index is 5.40. The van der Waals surface area contributed by atoms with Crippen LogP contribution >= 0.6 is 0 Å². The fraction of sp³-hybridized carbons (Fsp3) is 0.743. The minimum Gasteiger partial charge on any atom is -0.237 e. The van der Waals surface area contributed by atoms with Crippen LogP contribution in [0.5, 0.6) is 0 Å². The lowest BCUT2D eigenvalue weighted by Gasteiger charge is -2.57. The second-order valence-corrected chi connectivity index (χ2v) is 14.6. The molecule has 4 aliphatic rings. The summed E-state index contributed by atoms with van der Waals surface area (Å²) in [5, 5.41) is 5.40. The first-order valence-electron chi connectivity index (χ1n) is 15.9. The number of rotatable bonds is 7. The number of hydrogen-bond acceptors (Lipinski definition) is 1. The summed E-state index contributed by atoms with van der Waals surface area (Å²) in [5.74, 6) is 6.09. The van der Waals surface area contributed by atoms with Crippen molar-refractivity contribution >= 4 is 0 Å². The Morgan fingerprint density at radius 3 is 2.49 bits per heavy atom. The van der Waals surface area contributed by atoms with E-state index in [1.165, 1.54) is 87.7 Å². The molecule has 0 bridgehead atoms. The number of benzene rings is 1. The molecule has 2 saturated carbocycles. The minimum absolute atomic E-state index is 0.329. The summed E-state index contributed by atoms with van der Waals surface area (Å²) in [6.45, 7) is 15.3. The van der Waals surface area contributed by atoms with Crippen LogP contribution < -0.4 is 0 Å². The average molecular weight is 501 g/mol. The maximum Gasteiger partial charge on any atom is 0.0672 e. The second-order valence-electron chi connectivity index (χ2n) is 14.6. The molecule has 1 aromatic carbocycles. The van der Waals surface area contributed by atoms with Crippen molar-refractivity contribution in [3.8, 4) is 5.69 Å². The maximum absolute atomic E-state index is 5.40. The molecule has 1 aromatic heterocycles. The zero-order valence-electron chi connectivity index (χ0n) is 24.6. The zero-order valence-corrected chi connectivity index (χ0v) is 24.6. The fourth-order valence-corrected chi connectivity index (χ4v) is 10.7. The molecule has 0 spiro atoms. The molecule has 0 saturated heterocycles. The normalized spacial score (nSPS) is 36.1. The van der Waals surface area contributed by atoms with Gasteiger partial charge in [-0.05, 0) is 122 Å². The van der Waals surface area contributed by atoms with Gasteiger partial charge in [0.2, 0.25) is 0 Å². The van der Waals surface area contributed by atoms with E-state index in [9.17, 15) is 0 Å². The summed E-state index contributed by atoms with van der Waals surface area (Å²) < 4.78 is 2.34. The molecule has 2 aromatic rings. The van der Waals surface area contributed by atoms with Gasteiger partial charge in [0.15, 0.2) is 0 Å². The van der Waals surface area contributed by atoms with Crippen LogP contribution in [-0.4, -0.2) is 9.78 Å². The minimum atomic E-state index is 0.329. The zero-order chi connectivity index (χ0) is 25.9. The van der Waals surface area contributed by atoms with Gasteiger partial charge in [-0.2, -0.15) is 5.10 Å². The van der Waals surface area contributed by atoms with Crippen molar-refractivity contribution in [3.63, 3.8) is 0 Å². The predicted molar refractivity (Wildman–Crippen MR) is 155 cm³/mol. The van der Waals surface area contributed by atoms with E-state index in [2.05, 4.69) is 76.6 Å². The van der Waals surface area contributed by atoms with Crippen LogP contribution in [0.3, 0.4) is 0 Å². The summed E-state index contributed by atoms with van der Waals surface area (Å²) in [5.41, 5.74) is 6.80. The van der Waals surface area contributed by atoms with Gasteiger partial charge in [0.05, 0.1) is 11.4 Å². The van der Waals surface area contributed by atoms with Crippen molar-refractivity contribution < 1.29 is 0 Å². The van der Waals surface area contributed by atoms with Crippen molar-refractivity contribution in [1.29, 1.82) is 0 Å². The lowest BCUT2D eigenvalue weighted by atomic mass is 9.47. The summed E-state index contributed by atoms with van der Waals surface area (Å²) in [4.78, 5) is 0. The third-order valence-corrected chi connectivity index (χ3v) is 12.6. The molecule has 0 amide bonds. The van der Waals surface area contributed by atoms with Crippen molar-refractivity contribution in [3.05, 3.63) is 47.3 Å². The number of fused-ring (bicyclic) bond motifs is 4. The van der Waals surface area contributed by atoms with Crippen molar-refractivity contribution in [2.24, 2.45) is 46.8 Å². The molecule has 37 heavy (non-hydrogen) atoms. The van der Waals surface area contributed by atoms with Gasteiger partial charge in [0.25, 0.3) is 0 Å². The van der Waals surface area contributed by atoms with Gasteiger partial charge < -0.3 is 0 Å². The Hall–Kier alpha value is -1.57. The summed E-state index contributed by atoms with van der Waals surface area (Å²) in [6.07, 6.45) is 15.2. The monoisotopic (exact) mass is 500 g/mol. The number of hydrogen-bond donors (Lipinski definition) is 0. The predicted octanol–water partition coefficient (Wildman–Crippen LogP) is 9.18. The van der Waals surface area contributed by atoms with Crippen LogP contribution in [0.25, 0.3) is 5.69 Å². The Morgan fingerprint density at radius 2 is 1.76 bits per heavy atom. The highest BCUT2D eigenvalue weighted by molar-refractivity contribution is 5.45. The molecule has 4 aliphatic carbocycles. The first-order valence-corrected chi connectivity index (χ1v) is 15.9. The molecule has 2 nitrogen and oxygen atoms in total. The highest BCUT2D eigenvalue weighted by atomic mass is 15.3. The highest BCUT2D eigenvalue weighted by Crippen LogP contribution is 2.66. The Kier molecular flexibility index (Phi) is 6.64. The number of nitrogens with zero attached hydrogens (tertiary/aromatic N) is 2. The Bertz CT molecular complexity index is 1100. The first-order chi connectivity index (χ1) is 17.8. The van der Waals surface area contributed by atoms with Gasteiger partial charge in [-0.3, -0.25) is 0 Å². The van der Waals surface area contributed by atoms with E-state index in [1.54, 1.807) is 5.56 Å². The van der Waals surface area contributed by atoms with E-state index in [-0.39, 0.29) is 0 Å². The quantitative estimate of drug-likeness (QED) is 0.370. The third-order valence-electron chi connectivity index (χ3n) is 12.6. The standard InChI is InChI=1S/C35H52N2/c1-7-25(23(2)3)16-15-24(4)28-17-18-29-27-22-31-33-32(37(36-31)26-12-9-8-10-13-26)14-11-20-35(33,6)30(27)19-21-34(28,29)5/h8-10,12-13,23-25,27-30H,7,11,14-22H2,1-6H3. The largest absolute Gasteiger partial charge is 0.237 e. The molecule has 6 rings (SSSR count). The molecule has 1 heterocycles. The van der Waals surface area contributed by atoms with Crippen molar-refractivity contribution in [1.82, 2.24) is 9.78 Å². The molecule has 0 aliphatic heterocycles. The van der Waals surface area contributed by atoms with Crippen LogP contribution in [0, 0.1) is 46.8 Å². The van der Waals surface area contributed by atoms with Crippen LogP contribution in [0.2, 0.25) is 0 Å². The Balaban J connectivity index is 1.28. The van der Waals surface area contributed by atoms with Gasteiger partial charge in [-0.1, -0.05) is 72.6 Å². The SMILES string of the molecule is CCC(CCC(C)C1CCC2C3Cc4nn(-c5ccccc5)c5c4C(C)(CCC5)C3CCC12C)C(C)C. The summed E-state index contributed by atoms with van der Waals surface area (Å²) in [6, 6.07) is 11.0. The van der Waals surface area contributed by atoms with Gasteiger partial charge in [-0.15, -0.1) is 0 Å². The Labute approximate surface area is 227 Å². The lowest BCUT2D eigenvalue weighted by Crippen LogP contribution is -2.52. The first kappa shape index (κ1) is 25.7. The molecule has 8 unspecified atom stereocenters. The fourth-order valence-electron chi connectivity index (χ4n) is 10.7. The number of aromatic nitrogens is 2. The average Bonchev–Trinajstić information content (AvgIpc) is 3.44. The number of para-hydroxylation sites is 1. The molecule has 2 fully saturated rings. The van der Waals surface area contributed by atoms with Crippen molar-refractivity contribution in [2.45, 2.75) is 118 Å². The molecular formula is C35H52N2. The van der Waals surface area contributed by atoms with Crippen LogP contribution in [-0.2, 0) is 18.3 Å². The highest BCUT2D eigenvalue weighted by Gasteiger charge is 2.60.